The van der Waals surface area contributed by atoms with Gasteiger partial charge in [0.1, 0.15) is 0 Å². The maximum Gasteiger partial charge on any atom is 0.0159 e. The third-order valence-corrected chi connectivity index (χ3v) is 15.7. The largest absolute Gasteiger partial charge is 0.0610 e. The average molecular weight is 859 g/mol. The SMILES string of the molecule is CC(C)(C)c1ccc2c(c1)-c1cccc3c(-c4ccc(-c5ccc6c(c5)C(C)(C)c5cc(-c7ccc(-c8ccc9c%10c(cccc8%10)-c8cc(C(C)(C)C)ccc8-9)cc7)ccc5-6)cc4)ccc-2c13. The normalized spacial score (nSPS) is 13.8. The van der Waals surface area contributed by atoms with E-state index in [1.807, 2.05) is 0 Å². The molecule has 0 saturated heterocycles. The third-order valence-electron chi connectivity index (χ3n) is 15.7. The van der Waals surface area contributed by atoms with E-state index in [0.29, 0.717) is 0 Å². The minimum atomic E-state index is -0.137. The molecule has 0 radical (unpaired) electrons. The molecule has 0 heterocycles. The maximum atomic E-state index is 2.45. The number of fused-ring (bicyclic) bond motifs is 9. The molecular weight excluding hydrogens is 805 g/mol. The van der Waals surface area contributed by atoms with Crippen molar-refractivity contribution in [2.45, 2.75) is 71.6 Å². The van der Waals surface area contributed by atoms with Gasteiger partial charge in [-0.2, -0.15) is 0 Å². The first-order valence-corrected chi connectivity index (χ1v) is 24.2. The Balaban J connectivity index is 0.780. The Morgan fingerprint density at radius 2 is 0.597 bits per heavy atom. The Morgan fingerprint density at radius 1 is 0.269 bits per heavy atom. The number of benzene rings is 10. The number of hydrogen-bond donors (Lipinski definition) is 0. The van der Waals surface area contributed by atoms with Crippen LogP contribution in [-0.2, 0) is 16.2 Å². The van der Waals surface area contributed by atoms with Gasteiger partial charge in [0.2, 0.25) is 0 Å². The fraction of sp³-hybridized carbons (Fsp3) is 0.164. The summed E-state index contributed by atoms with van der Waals surface area (Å²) in [6.45, 7) is 18.6. The zero-order chi connectivity index (χ0) is 45.7. The highest BCUT2D eigenvalue weighted by molar-refractivity contribution is 6.20. The summed E-state index contributed by atoms with van der Waals surface area (Å²) in [5, 5.41) is 5.39. The van der Waals surface area contributed by atoms with Gasteiger partial charge in [0, 0.05) is 5.41 Å². The Hall–Kier alpha value is -7.28. The predicted molar refractivity (Wildman–Crippen MR) is 287 cm³/mol. The highest BCUT2D eigenvalue weighted by Crippen LogP contribution is 2.54. The van der Waals surface area contributed by atoms with E-state index in [9.17, 15) is 0 Å². The number of rotatable bonds is 4. The molecule has 0 bridgehead atoms. The second-order valence-electron chi connectivity index (χ2n) is 22.1. The highest BCUT2D eigenvalue weighted by Gasteiger charge is 2.36. The molecule has 0 N–H and O–H groups in total. The van der Waals surface area contributed by atoms with Crippen LogP contribution in [0.5, 0.6) is 0 Å². The Labute approximate surface area is 395 Å². The van der Waals surface area contributed by atoms with Crippen molar-refractivity contribution in [2.75, 3.05) is 0 Å². The van der Waals surface area contributed by atoms with Crippen LogP contribution in [0.25, 0.3) is 122 Å². The molecule has 10 aromatic rings. The Morgan fingerprint density at radius 3 is 1.00 bits per heavy atom. The molecule has 10 aromatic carbocycles. The molecule has 0 amide bonds. The van der Waals surface area contributed by atoms with Crippen molar-refractivity contribution in [2.24, 2.45) is 0 Å². The van der Waals surface area contributed by atoms with Gasteiger partial charge in [0.05, 0.1) is 0 Å². The van der Waals surface area contributed by atoms with Gasteiger partial charge in [-0.15, -0.1) is 0 Å². The second-order valence-corrected chi connectivity index (χ2v) is 22.1. The molecule has 0 atom stereocenters. The lowest BCUT2D eigenvalue weighted by Crippen LogP contribution is -2.15. The summed E-state index contributed by atoms with van der Waals surface area (Å²) in [5.74, 6) is 0. The molecule has 0 aliphatic heterocycles. The molecular formula is C67H54. The zero-order valence-electron chi connectivity index (χ0n) is 39.8. The molecule has 0 spiro atoms. The van der Waals surface area contributed by atoms with Crippen molar-refractivity contribution in [1.29, 1.82) is 0 Å². The van der Waals surface area contributed by atoms with Crippen LogP contribution in [0.3, 0.4) is 0 Å². The molecule has 0 heteroatoms. The first-order valence-electron chi connectivity index (χ1n) is 24.2. The molecule has 322 valence electrons. The fourth-order valence-corrected chi connectivity index (χ4v) is 11.9. The average Bonchev–Trinajstić information content (AvgIpc) is 3.92. The molecule has 67 heavy (non-hydrogen) atoms. The molecule has 3 aliphatic carbocycles. The second kappa shape index (κ2) is 13.9. The van der Waals surface area contributed by atoms with E-state index in [4.69, 9.17) is 0 Å². The van der Waals surface area contributed by atoms with Gasteiger partial charge < -0.3 is 0 Å². The topological polar surface area (TPSA) is 0 Å². The van der Waals surface area contributed by atoms with Crippen LogP contribution in [0, 0.1) is 0 Å². The van der Waals surface area contributed by atoms with Crippen molar-refractivity contribution in [3.63, 3.8) is 0 Å². The van der Waals surface area contributed by atoms with Crippen LogP contribution in [0.15, 0.2) is 182 Å². The zero-order valence-corrected chi connectivity index (χ0v) is 39.8. The molecule has 0 fully saturated rings. The lowest BCUT2D eigenvalue weighted by molar-refractivity contribution is 0.590. The lowest BCUT2D eigenvalue weighted by Gasteiger charge is -2.22. The van der Waals surface area contributed by atoms with Gasteiger partial charge in [-0.1, -0.05) is 213 Å². The van der Waals surface area contributed by atoms with Crippen molar-refractivity contribution in [1.82, 2.24) is 0 Å². The molecule has 13 rings (SSSR count). The Kier molecular flexibility index (Phi) is 8.29. The summed E-state index contributed by atoms with van der Waals surface area (Å²) in [5.41, 5.74) is 29.2. The predicted octanol–water partition coefficient (Wildman–Crippen LogP) is 18.9. The van der Waals surface area contributed by atoms with Crippen molar-refractivity contribution in [3.05, 3.63) is 204 Å². The van der Waals surface area contributed by atoms with Gasteiger partial charge in [-0.3, -0.25) is 0 Å². The summed E-state index contributed by atoms with van der Waals surface area (Å²) >= 11 is 0. The minimum absolute atomic E-state index is 0.106. The summed E-state index contributed by atoms with van der Waals surface area (Å²) in [6.07, 6.45) is 0. The first kappa shape index (κ1) is 40.0. The van der Waals surface area contributed by atoms with Crippen LogP contribution in [-0.4, -0.2) is 0 Å². The van der Waals surface area contributed by atoms with Crippen molar-refractivity contribution < 1.29 is 0 Å². The lowest BCUT2D eigenvalue weighted by atomic mass is 9.80. The van der Waals surface area contributed by atoms with Gasteiger partial charge in [-0.05, 0) is 179 Å². The van der Waals surface area contributed by atoms with E-state index < -0.39 is 0 Å². The van der Waals surface area contributed by atoms with Crippen LogP contribution >= 0.6 is 0 Å². The molecule has 0 unspecified atom stereocenters. The molecule has 3 aliphatic rings. The Bertz CT molecular complexity index is 3500. The summed E-state index contributed by atoms with van der Waals surface area (Å²) in [6, 6.07) is 69.9. The van der Waals surface area contributed by atoms with E-state index in [-0.39, 0.29) is 16.2 Å². The smallest absolute Gasteiger partial charge is 0.0159 e. The molecule has 0 saturated carbocycles. The van der Waals surface area contributed by atoms with E-state index in [2.05, 4.69) is 237 Å². The molecule has 0 aromatic heterocycles. The summed E-state index contributed by atoms with van der Waals surface area (Å²) in [7, 11) is 0. The van der Waals surface area contributed by atoms with Crippen molar-refractivity contribution >= 4 is 21.5 Å². The van der Waals surface area contributed by atoms with Crippen LogP contribution in [0.1, 0.15) is 77.6 Å². The van der Waals surface area contributed by atoms with E-state index in [0.717, 1.165) is 0 Å². The number of hydrogen-bond acceptors (Lipinski definition) is 0. The van der Waals surface area contributed by atoms with Crippen LogP contribution < -0.4 is 0 Å². The minimum Gasteiger partial charge on any atom is -0.0610 e. The highest BCUT2D eigenvalue weighted by atomic mass is 14.4. The quantitative estimate of drug-likeness (QED) is 0.165. The standard InChI is InChI=1S/C67H54/c1-65(2,3)45-25-29-49-57-33-31-47(53-11-9-13-55(63(53)57)59(49)37-45)41-19-15-39(16-20-41)43-23-27-51-52-28-24-44(36-62(52)67(7,8)61(51)35-43)40-17-21-42(22-18-40)48-32-34-58-50-30-26-46(66(4,5)6)38-60(50)56-14-10-12-54(48)64(56)58/h9-38H,1-8H3. The maximum absolute atomic E-state index is 2.45. The van der Waals surface area contributed by atoms with Gasteiger partial charge >= 0.3 is 0 Å². The summed E-state index contributed by atoms with van der Waals surface area (Å²) in [4.78, 5) is 0. The first-order chi connectivity index (χ1) is 32.2. The fourth-order valence-electron chi connectivity index (χ4n) is 11.9. The van der Waals surface area contributed by atoms with E-state index in [1.165, 1.54) is 144 Å². The van der Waals surface area contributed by atoms with E-state index >= 15 is 0 Å². The van der Waals surface area contributed by atoms with Gasteiger partial charge in [0.15, 0.2) is 0 Å². The van der Waals surface area contributed by atoms with Crippen LogP contribution in [0.4, 0.5) is 0 Å². The summed E-state index contributed by atoms with van der Waals surface area (Å²) < 4.78 is 0. The van der Waals surface area contributed by atoms with Gasteiger partial charge in [-0.25, -0.2) is 0 Å². The van der Waals surface area contributed by atoms with Gasteiger partial charge in [0.25, 0.3) is 0 Å². The third kappa shape index (κ3) is 5.91. The monoisotopic (exact) mass is 858 g/mol. The molecule has 0 nitrogen and oxygen atoms in total. The van der Waals surface area contributed by atoms with Crippen LogP contribution in [0.2, 0.25) is 0 Å². The van der Waals surface area contributed by atoms with Crippen molar-refractivity contribution in [3.8, 4) is 100 Å². The van der Waals surface area contributed by atoms with E-state index in [1.54, 1.807) is 0 Å².